The number of likely N-dealkylation sites (N-methyl/N-ethyl adjacent to an activating group) is 1. The molecule has 3 rings (SSSR count). The topological polar surface area (TPSA) is 80.3 Å². The number of benzene rings is 1. The molecule has 1 aromatic carbocycles. The molecule has 2 heterocycles. The van der Waals surface area contributed by atoms with Crippen LogP contribution in [0.5, 0.6) is 5.75 Å². The molecular weight excluding hydrogens is 362 g/mol. The van der Waals surface area contributed by atoms with E-state index in [1.54, 1.807) is 21.1 Å². The second-order valence-corrected chi connectivity index (χ2v) is 6.68. The summed E-state index contributed by atoms with van der Waals surface area (Å²) in [5, 5.41) is 2.92. The van der Waals surface area contributed by atoms with Gasteiger partial charge in [0.1, 0.15) is 5.75 Å². The molecule has 1 fully saturated rings. The van der Waals surface area contributed by atoms with E-state index in [0.717, 1.165) is 18.7 Å². The molecule has 8 heteroatoms. The first-order valence-corrected chi connectivity index (χ1v) is 9.43. The Morgan fingerprint density at radius 1 is 1.25 bits per heavy atom. The first-order valence-electron chi connectivity index (χ1n) is 9.43. The molecule has 0 saturated carbocycles. The normalized spacial score (nSPS) is 20.8. The molecule has 1 saturated heterocycles. The van der Waals surface area contributed by atoms with Crippen LogP contribution >= 0.6 is 0 Å². The predicted molar refractivity (Wildman–Crippen MR) is 103 cm³/mol. The fourth-order valence-electron chi connectivity index (χ4n) is 3.42. The number of rotatable bonds is 6. The lowest BCUT2D eigenvalue weighted by Crippen LogP contribution is -2.50. The molecule has 2 aliphatic heterocycles. The molecule has 0 spiro atoms. The third-order valence-corrected chi connectivity index (χ3v) is 5.00. The van der Waals surface area contributed by atoms with Gasteiger partial charge in [-0.2, -0.15) is 0 Å². The van der Waals surface area contributed by atoms with Crippen LogP contribution in [0.4, 0.5) is 4.79 Å². The van der Waals surface area contributed by atoms with Crippen molar-refractivity contribution in [2.45, 2.75) is 13.0 Å². The second-order valence-electron chi connectivity index (χ2n) is 6.68. The average Bonchev–Trinajstić information content (AvgIpc) is 2.72. The molecule has 1 aromatic rings. The number of nitrogens with zero attached hydrogens (tertiary/aromatic N) is 2. The number of hydrogen-bond donors (Lipinski definition) is 1. The molecule has 1 unspecified atom stereocenters. The van der Waals surface area contributed by atoms with Crippen molar-refractivity contribution in [1.29, 1.82) is 0 Å². The minimum Gasteiger partial charge on any atom is -0.497 e. The number of carbonyl (C=O) groups excluding carboxylic acids is 2. The van der Waals surface area contributed by atoms with Crippen LogP contribution in [0.2, 0.25) is 0 Å². The van der Waals surface area contributed by atoms with Gasteiger partial charge in [-0.05, 0) is 24.6 Å². The van der Waals surface area contributed by atoms with Gasteiger partial charge in [-0.1, -0.05) is 12.1 Å². The fourth-order valence-corrected chi connectivity index (χ4v) is 3.42. The number of ether oxygens (including phenoxy) is 3. The molecule has 0 bridgehead atoms. The Labute approximate surface area is 165 Å². The van der Waals surface area contributed by atoms with Crippen LogP contribution in [0.3, 0.4) is 0 Å². The summed E-state index contributed by atoms with van der Waals surface area (Å²) in [6.07, 6.45) is 0. The molecule has 1 N–H and O–H groups in total. The number of hydrogen-bond acceptors (Lipinski definition) is 6. The summed E-state index contributed by atoms with van der Waals surface area (Å²) in [6, 6.07) is 6.48. The minimum absolute atomic E-state index is 0.253. The lowest BCUT2D eigenvalue weighted by molar-refractivity contribution is -0.139. The van der Waals surface area contributed by atoms with E-state index in [4.69, 9.17) is 14.2 Å². The Balaban J connectivity index is 2.02. The molecule has 0 radical (unpaired) electrons. The molecule has 152 valence electrons. The van der Waals surface area contributed by atoms with Crippen molar-refractivity contribution in [3.8, 4) is 5.75 Å². The van der Waals surface area contributed by atoms with Gasteiger partial charge in [-0.3, -0.25) is 9.80 Å². The summed E-state index contributed by atoms with van der Waals surface area (Å²) in [7, 11) is 3.27. The van der Waals surface area contributed by atoms with Crippen molar-refractivity contribution in [2.24, 2.45) is 0 Å². The Morgan fingerprint density at radius 3 is 2.54 bits per heavy atom. The van der Waals surface area contributed by atoms with E-state index < -0.39 is 12.0 Å². The number of urea groups is 1. The van der Waals surface area contributed by atoms with Gasteiger partial charge < -0.3 is 19.5 Å². The molecule has 1 atom stereocenters. The van der Waals surface area contributed by atoms with Gasteiger partial charge in [0.2, 0.25) is 0 Å². The Bertz CT molecular complexity index is 741. The maximum Gasteiger partial charge on any atom is 0.338 e. The van der Waals surface area contributed by atoms with Crippen molar-refractivity contribution < 1.29 is 23.8 Å². The maximum atomic E-state index is 12.9. The van der Waals surface area contributed by atoms with E-state index in [-0.39, 0.29) is 12.6 Å². The summed E-state index contributed by atoms with van der Waals surface area (Å²) in [6.45, 7) is 5.30. The number of esters is 1. The molecule has 0 aliphatic carbocycles. The van der Waals surface area contributed by atoms with Crippen molar-refractivity contribution in [1.82, 2.24) is 15.1 Å². The van der Waals surface area contributed by atoms with Gasteiger partial charge in [0.15, 0.2) is 0 Å². The molecule has 0 aromatic heterocycles. The van der Waals surface area contributed by atoms with Crippen molar-refractivity contribution >= 4 is 12.0 Å². The zero-order valence-electron chi connectivity index (χ0n) is 16.6. The van der Waals surface area contributed by atoms with Crippen LogP contribution in [0.1, 0.15) is 18.5 Å². The average molecular weight is 389 g/mol. The number of nitrogens with one attached hydrogen (secondary N) is 1. The van der Waals surface area contributed by atoms with Crippen LogP contribution < -0.4 is 10.1 Å². The summed E-state index contributed by atoms with van der Waals surface area (Å²) in [5.41, 5.74) is 1.91. The standard InChI is InChI=1S/C20H27N3O5/c1-4-28-19(24)17-16(13-23-9-11-27-12-10-23)22(2)20(25)21-18(17)14-5-7-15(26-3)8-6-14/h5-8,18H,4,9-13H2,1-3H3,(H,21,25). The molecule has 2 amide bonds. The number of morpholine rings is 1. The van der Waals surface area contributed by atoms with Crippen LogP contribution in [-0.2, 0) is 14.3 Å². The second kappa shape index (κ2) is 9.07. The fraction of sp³-hybridized carbons (Fsp3) is 0.500. The van der Waals surface area contributed by atoms with Crippen molar-refractivity contribution in [3.05, 3.63) is 41.1 Å². The van der Waals surface area contributed by atoms with Gasteiger partial charge in [0, 0.05) is 32.4 Å². The monoisotopic (exact) mass is 389 g/mol. The third kappa shape index (κ3) is 4.28. The van der Waals surface area contributed by atoms with Gasteiger partial charge in [-0.15, -0.1) is 0 Å². The highest BCUT2D eigenvalue weighted by Gasteiger charge is 2.37. The summed E-state index contributed by atoms with van der Waals surface area (Å²) >= 11 is 0. The molecule has 8 nitrogen and oxygen atoms in total. The smallest absolute Gasteiger partial charge is 0.338 e. The van der Waals surface area contributed by atoms with Gasteiger partial charge in [0.25, 0.3) is 0 Å². The first kappa shape index (κ1) is 20.2. The van der Waals surface area contributed by atoms with Gasteiger partial charge in [-0.25, -0.2) is 9.59 Å². The molecule has 28 heavy (non-hydrogen) atoms. The highest BCUT2D eigenvalue weighted by atomic mass is 16.5. The van der Waals surface area contributed by atoms with Crippen LogP contribution in [-0.4, -0.2) is 75.4 Å². The Morgan fingerprint density at radius 2 is 1.93 bits per heavy atom. The zero-order chi connectivity index (χ0) is 20.1. The van der Waals surface area contributed by atoms with E-state index in [0.29, 0.717) is 36.8 Å². The Kier molecular flexibility index (Phi) is 6.53. The highest BCUT2D eigenvalue weighted by Crippen LogP contribution is 2.32. The van der Waals surface area contributed by atoms with E-state index in [2.05, 4.69) is 10.2 Å². The summed E-state index contributed by atoms with van der Waals surface area (Å²) in [4.78, 5) is 29.2. The summed E-state index contributed by atoms with van der Waals surface area (Å²) in [5.74, 6) is 0.289. The first-order chi connectivity index (χ1) is 13.5. The zero-order valence-corrected chi connectivity index (χ0v) is 16.6. The van der Waals surface area contributed by atoms with Gasteiger partial charge in [0.05, 0.1) is 38.5 Å². The largest absolute Gasteiger partial charge is 0.497 e. The van der Waals surface area contributed by atoms with Crippen LogP contribution in [0.15, 0.2) is 35.5 Å². The third-order valence-electron chi connectivity index (χ3n) is 5.00. The van der Waals surface area contributed by atoms with Crippen LogP contribution in [0.25, 0.3) is 0 Å². The quantitative estimate of drug-likeness (QED) is 0.744. The van der Waals surface area contributed by atoms with Crippen molar-refractivity contribution in [2.75, 3.05) is 53.6 Å². The highest BCUT2D eigenvalue weighted by molar-refractivity contribution is 5.95. The number of carbonyl (C=O) groups is 2. The lowest BCUT2D eigenvalue weighted by atomic mass is 9.94. The van der Waals surface area contributed by atoms with E-state index in [9.17, 15) is 9.59 Å². The number of amides is 2. The van der Waals surface area contributed by atoms with E-state index >= 15 is 0 Å². The Hall–Kier alpha value is -2.58. The van der Waals surface area contributed by atoms with Crippen LogP contribution in [0, 0.1) is 0 Å². The minimum atomic E-state index is -0.579. The molecular formula is C20H27N3O5. The maximum absolute atomic E-state index is 12.9. The van der Waals surface area contributed by atoms with E-state index in [1.165, 1.54) is 4.90 Å². The van der Waals surface area contributed by atoms with E-state index in [1.807, 2.05) is 24.3 Å². The van der Waals surface area contributed by atoms with Gasteiger partial charge >= 0.3 is 12.0 Å². The SMILES string of the molecule is CCOC(=O)C1=C(CN2CCOCC2)N(C)C(=O)NC1c1ccc(OC)cc1. The molecule has 2 aliphatic rings. The number of methoxy groups -OCH3 is 1. The predicted octanol–water partition coefficient (Wildman–Crippen LogP) is 1.54. The lowest BCUT2D eigenvalue weighted by Gasteiger charge is -2.37. The van der Waals surface area contributed by atoms with Crippen molar-refractivity contribution in [3.63, 3.8) is 0 Å². The summed E-state index contributed by atoms with van der Waals surface area (Å²) < 4.78 is 16.0.